The lowest BCUT2D eigenvalue weighted by molar-refractivity contribution is -0.114. The molecular weight excluding hydrogens is 462 g/mol. The number of hydrogen-bond acceptors (Lipinski definition) is 4. The van der Waals surface area contributed by atoms with Gasteiger partial charge in [0.25, 0.3) is 5.91 Å². The first-order valence-electron chi connectivity index (χ1n) is 10.2. The first-order valence-corrected chi connectivity index (χ1v) is 12.4. The minimum atomic E-state index is -3.75. The fourth-order valence-electron chi connectivity index (χ4n) is 3.20. The summed E-state index contributed by atoms with van der Waals surface area (Å²) in [6, 6.07) is 22.5. The predicted molar refractivity (Wildman–Crippen MR) is 131 cm³/mol. The highest BCUT2D eigenvalue weighted by atomic mass is 35.5. The van der Waals surface area contributed by atoms with Gasteiger partial charge < -0.3 is 10.6 Å². The lowest BCUT2D eigenvalue weighted by Gasteiger charge is -2.22. The van der Waals surface area contributed by atoms with E-state index in [1.54, 1.807) is 42.5 Å². The molecule has 2 N–H and O–H groups in total. The average molecular weight is 486 g/mol. The van der Waals surface area contributed by atoms with Gasteiger partial charge in [0, 0.05) is 11.6 Å². The van der Waals surface area contributed by atoms with E-state index >= 15 is 0 Å². The molecule has 0 spiro atoms. The average Bonchev–Trinajstić information content (AvgIpc) is 2.78. The standard InChI is InChI=1S/C24H24ClN3O4S/c1-33(31,32)28(20-11-7-10-19(25)16-20)17-23(29)27-22-13-6-5-12-21(22)24(30)26-15-14-18-8-3-2-4-9-18/h2-13,16H,14-15,17H2,1H3,(H,26,30)(H,27,29). The van der Waals surface area contributed by atoms with Crippen molar-refractivity contribution in [2.75, 3.05) is 29.0 Å². The summed E-state index contributed by atoms with van der Waals surface area (Å²) in [4.78, 5) is 25.4. The monoisotopic (exact) mass is 485 g/mol. The minimum Gasteiger partial charge on any atom is -0.352 e. The number of hydrogen-bond donors (Lipinski definition) is 2. The molecular formula is C24H24ClN3O4S. The van der Waals surface area contributed by atoms with Gasteiger partial charge in [0.1, 0.15) is 6.54 Å². The molecule has 0 aromatic heterocycles. The topological polar surface area (TPSA) is 95.6 Å². The summed E-state index contributed by atoms with van der Waals surface area (Å²) in [5, 5.41) is 5.84. The second-order valence-corrected chi connectivity index (χ2v) is 9.68. The van der Waals surface area contributed by atoms with Crippen LogP contribution in [0.25, 0.3) is 0 Å². The molecule has 33 heavy (non-hydrogen) atoms. The molecule has 3 aromatic carbocycles. The maximum Gasteiger partial charge on any atom is 0.253 e. The third kappa shape index (κ3) is 7.06. The van der Waals surface area contributed by atoms with Crippen LogP contribution in [0.1, 0.15) is 15.9 Å². The number of nitrogens with zero attached hydrogens (tertiary/aromatic N) is 1. The molecule has 0 aliphatic carbocycles. The Hall–Kier alpha value is -3.36. The molecule has 0 saturated carbocycles. The predicted octanol–water partition coefficient (Wildman–Crippen LogP) is 3.72. The van der Waals surface area contributed by atoms with E-state index in [0.29, 0.717) is 23.7 Å². The van der Waals surface area contributed by atoms with Crippen molar-refractivity contribution in [2.45, 2.75) is 6.42 Å². The fraction of sp³-hybridized carbons (Fsp3) is 0.167. The summed E-state index contributed by atoms with van der Waals surface area (Å²) in [5.41, 5.74) is 1.94. The Kier molecular flexibility index (Phi) is 8.08. The van der Waals surface area contributed by atoms with Gasteiger partial charge in [-0.1, -0.05) is 60.1 Å². The molecule has 3 rings (SSSR count). The Labute approximate surface area is 198 Å². The van der Waals surface area contributed by atoms with Crippen molar-refractivity contribution in [1.29, 1.82) is 0 Å². The smallest absolute Gasteiger partial charge is 0.253 e. The third-order valence-electron chi connectivity index (χ3n) is 4.77. The van der Waals surface area contributed by atoms with Crippen LogP contribution in [0.5, 0.6) is 0 Å². The second-order valence-electron chi connectivity index (χ2n) is 7.33. The van der Waals surface area contributed by atoms with Gasteiger partial charge in [0.05, 0.1) is 23.2 Å². The number of carbonyl (C=O) groups is 2. The van der Waals surface area contributed by atoms with E-state index in [0.717, 1.165) is 16.1 Å². The summed E-state index contributed by atoms with van der Waals surface area (Å²) in [7, 11) is -3.75. The molecule has 7 nitrogen and oxygen atoms in total. The molecule has 172 valence electrons. The van der Waals surface area contributed by atoms with Crippen LogP contribution in [0.4, 0.5) is 11.4 Å². The van der Waals surface area contributed by atoms with Gasteiger partial charge in [-0.25, -0.2) is 8.42 Å². The lowest BCUT2D eigenvalue weighted by Crippen LogP contribution is -2.37. The maximum atomic E-state index is 12.7. The number of benzene rings is 3. The minimum absolute atomic E-state index is 0.270. The van der Waals surface area contributed by atoms with Crippen LogP contribution in [0, 0.1) is 0 Å². The van der Waals surface area contributed by atoms with Gasteiger partial charge in [-0.2, -0.15) is 0 Å². The SMILES string of the molecule is CS(=O)(=O)N(CC(=O)Nc1ccccc1C(=O)NCCc1ccccc1)c1cccc(Cl)c1. The number of para-hydroxylation sites is 1. The molecule has 0 radical (unpaired) electrons. The normalized spacial score (nSPS) is 11.0. The van der Waals surface area contributed by atoms with Gasteiger partial charge in [-0.3, -0.25) is 13.9 Å². The number of anilines is 2. The zero-order valence-corrected chi connectivity index (χ0v) is 19.6. The van der Waals surface area contributed by atoms with Gasteiger partial charge in [0.2, 0.25) is 15.9 Å². The van der Waals surface area contributed by atoms with E-state index in [2.05, 4.69) is 10.6 Å². The van der Waals surface area contributed by atoms with Gasteiger partial charge >= 0.3 is 0 Å². The van der Waals surface area contributed by atoms with Crippen molar-refractivity contribution >= 4 is 44.8 Å². The highest BCUT2D eigenvalue weighted by Gasteiger charge is 2.22. The first kappa shape index (κ1) is 24.3. The summed E-state index contributed by atoms with van der Waals surface area (Å²) in [6.07, 6.45) is 1.68. The molecule has 0 atom stereocenters. The van der Waals surface area contributed by atoms with Crippen molar-refractivity contribution < 1.29 is 18.0 Å². The summed E-state index contributed by atoms with van der Waals surface area (Å²) in [5.74, 6) is -0.929. The summed E-state index contributed by atoms with van der Waals surface area (Å²) >= 11 is 5.98. The van der Waals surface area contributed by atoms with E-state index in [1.807, 2.05) is 30.3 Å². The first-order chi connectivity index (χ1) is 15.7. The lowest BCUT2D eigenvalue weighted by atomic mass is 10.1. The van der Waals surface area contributed by atoms with Crippen LogP contribution in [0.2, 0.25) is 5.02 Å². The van der Waals surface area contributed by atoms with Crippen molar-refractivity contribution in [3.63, 3.8) is 0 Å². The number of rotatable bonds is 9. The van der Waals surface area contributed by atoms with E-state index < -0.39 is 22.5 Å². The number of halogens is 1. The van der Waals surface area contributed by atoms with Crippen molar-refractivity contribution in [3.8, 4) is 0 Å². The molecule has 0 fully saturated rings. The number of carbonyl (C=O) groups excluding carboxylic acids is 2. The maximum absolute atomic E-state index is 12.7. The number of amides is 2. The van der Waals surface area contributed by atoms with E-state index in [1.165, 1.54) is 6.07 Å². The van der Waals surface area contributed by atoms with Crippen LogP contribution >= 0.6 is 11.6 Å². The second kappa shape index (κ2) is 11.0. The Morgan fingerprint density at radius 2 is 1.64 bits per heavy atom. The third-order valence-corrected chi connectivity index (χ3v) is 6.15. The van der Waals surface area contributed by atoms with Crippen molar-refractivity contribution in [1.82, 2.24) is 5.32 Å². The van der Waals surface area contributed by atoms with Crippen molar-refractivity contribution in [3.05, 3.63) is 95.0 Å². The molecule has 0 saturated heterocycles. The Bertz CT molecular complexity index is 1230. The quantitative estimate of drug-likeness (QED) is 0.483. The zero-order chi connectivity index (χ0) is 23.8. The molecule has 0 unspecified atom stereocenters. The molecule has 0 heterocycles. The van der Waals surface area contributed by atoms with Gasteiger partial charge in [0.15, 0.2) is 0 Å². The van der Waals surface area contributed by atoms with E-state index in [9.17, 15) is 18.0 Å². The molecule has 0 aliphatic rings. The van der Waals surface area contributed by atoms with Crippen molar-refractivity contribution in [2.24, 2.45) is 0 Å². The molecule has 0 aliphatic heterocycles. The van der Waals surface area contributed by atoms with E-state index in [-0.39, 0.29) is 17.2 Å². The fourth-order valence-corrected chi connectivity index (χ4v) is 4.23. The summed E-state index contributed by atoms with van der Waals surface area (Å²) < 4.78 is 25.5. The molecule has 3 aromatic rings. The number of nitrogens with one attached hydrogen (secondary N) is 2. The largest absolute Gasteiger partial charge is 0.352 e. The van der Waals surface area contributed by atoms with Crippen LogP contribution in [-0.4, -0.2) is 39.6 Å². The van der Waals surface area contributed by atoms with Crippen LogP contribution in [-0.2, 0) is 21.2 Å². The van der Waals surface area contributed by atoms with Gasteiger partial charge in [-0.05, 0) is 42.3 Å². The molecule has 0 bridgehead atoms. The highest BCUT2D eigenvalue weighted by Crippen LogP contribution is 2.22. The zero-order valence-electron chi connectivity index (χ0n) is 18.0. The summed E-state index contributed by atoms with van der Waals surface area (Å²) in [6.45, 7) is -0.0368. The van der Waals surface area contributed by atoms with Crippen LogP contribution in [0.3, 0.4) is 0 Å². The van der Waals surface area contributed by atoms with Crippen LogP contribution in [0.15, 0.2) is 78.9 Å². The molecule has 9 heteroatoms. The highest BCUT2D eigenvalue weighted by molar-refractivity contribution is 7.92. The molecule has 2 amide bonds. The Balaban J connectivity index is 1.68. The van der Waals surface area contributed by atoms with Gasteiger partial charge in [-0.15, -0.1) is 0 Å². The van der Waals surface area contributed by atoms with E-state index in [4.69, 9.17) is 11.6 Å². The number of sulfonamides is 1. The van der Waals surface area contributed by atoms with Crippen LogP contribution < -0.4 is 14.9 Å². The Morgan fingerprint density at radius 1 is 0.939 bits per heavy atom. The Morgan fingerprint density at radius 3 is 2.33 bits per heavy atom.